The van der Waals surface area contributed by atoms with Crippen molar-refractivity contribution in [2.45, 2.75) is 204 Å². The van der Waals surface area contributed by atoms with Gasteiger partial charge in [-0.1, -0.05) is 33.8 Å². The summed E-state index contributed by atoms with van der Waals surface area (Å²) in [5, 5.41) is 38.7. The number of esters is 3. The normalized spacial score (nSPS) is 26.7. The van der Waals surface area contributed by atoms with Crippen LogP contribution >= 0.6 is 11.8 Å². The number of anilines is 2. The Kier molecular flexibility index (Phi) is 27.1. The number of fused-ring (bicyclic) bond motifs is 3. The van der Waals surface area contributed by atoms with Crippen LogP contribution in [0.15, 0.2) is 46.9 Å². The first kappa shape index (κ1) is 82.3. The summed E-state index contributed by atoms with van der Waals surface area (Å²) in [6.07, 6.45) is 0.0192. The van der Waals surface area contributed by atoms with Crippen molar-refractivity contribution in [1.82, 2.24) is 40.8 Å². The van der Waals surface area contributed by atoms with Gasteiger partial charge < -0.3 is 81.2 Å². The average molecular weight is 1500 g/mol. The molecule has 3 aromatic rings. The summed E-state index contributed by atoms with van der Waals surface area (Å²) in [4.78, 5) is 189. The van der Waals surface area contributed by atoms with Crippen LogP contribution in [-0.2, 0) is 97.2 Å². The number of H-pyrrole nitrogens is 1. The fraction of sp³-hybridized carbons (Fsp3) is 0.614. The number of ketones is 2. The van der Waals surface area contributed by atoms with Crippen molar-refractivity contribution >= 4 is 111 Å². The Morgan fingerprint density at radius 1 is 0.887 bits per heavy atom. The van der Waals surface area contributed by atoms with E-state index in [1.165, 1.54) is 51.4 Å². The molecule has 5 amide bonds. The Hall–Kier alpha value is -9.36. The fourth-order valence-electron chi connectivity index (χ4n) is 14.4. The number of epoxide rings is 1. The summed E-state index contributed by atoms with van der Waals surface area (Å²) in [5.74, 6) is -13.9. The van der Waals surface area contributed by atoms with Gasteiger partial charge in [-0.2, -0.15) is 4.98 Å². The number of aromatic nitrogens is 4. The molecular formula is C70H93N11O24S. The van der Waals surface area contributed by atoms with E-state index in [1.54, 1.807) is 7.11 Å². The number of benzene rings is 1. The summed E-state index contributed by atoms with van der Waals surface area (Å²) < 4.78 is 44.3. The van der Waals surface area contributed by atoms with Crippen molar-refractivity contribution in [1.29, 1.82) is 0 Å². The number of Topliss-reactive ketones (excluding diaryl/α,β-unsaturated/α-hetero) is 2. The number of aliphatic carboxylic acids is 3. The number of carboxylic acids is 3. The van der Waals surface area contributed by atoms with Crippen LogP contribution in [0.3, 0.4) is 0 Å². The first-order valence-corrected chi connectivity index (χ1v) is 35.9. The number of thioether (sulfide) groups is 1. The van der Waals surface area contributed by atoms with Gasteiger partial charge in [0.2, 0.25) is 29.6 Å². The Labute approximate surface area is 613 Å². The number of hydrogen-bond acceptors (Lipinski definition) is 28. The minimum absolute atomic E-state index is 0.00159. The van der Waals surface area contributed by atoms with Gasteiger partial charge in [0.1, 0.15) is 48.4 Å². The molecule has 2 aromatic heterocycles. The number of carbonyl (C=O) groups is 13. The molecule has 5 heterocycles. The molecule has 2 bridgehead atoms. The van der Waals surface area contributed by atoms with Gasteiger partial charge in [-0.15, -0.1) is 11.8 Å². The third-order valence-electron chi connectivity index (χ3n) is 20.4. The molecular weight excluding hydrogens is 1410 g/mol. The molecule has 35 nitrogen and oxygen atoms in total. The van der Waals surface area contributed by atoms with Crippen molar-refractivity contribution in [3.05, 3.63) is 63.7 Å². The zero-order valence-corrected chi connectivity index (χ0v) is 61.2. The predicted molar refractivity (Wildman–Crippen MR) is 373 cm³/mol. The van der Waals surface area contributed by atoms with Crippen LogP contribution in [-0.4, -0.2) is 222 Å². The standard InChI is InChI=1S/C36H42N10O13S.C34H51NO11/c1-46-26(49)11-25(33(46)55)60-15-18(34(56)57)9-24(48)23(10-27(50)51)43-31(53)17(12-37)8-21(47)6-7-22(35(58)59)42-30(52)16-2-4-19(5-3-16)39-13-20-14-40-29-28(41-20)32(54)45-36(38)44-29;1-9-26(38)35-23-10-12-33(40-8,13-11-23)46-28-29(43-22(6)37)31(7)32(17-41-21(5)36)16-24(44-27(39)14-19(2)3)20(4)15-25(32)45-30(28)34(31)18-42-34/h2-5,14,17-18,22-23,25,39H,6-13,15,37H2,1H3,(H,42,52)(H,43,53)(H,50,51)(H,56,57)(H,58,59)(H3,38,40,44,45,54);15,19,23-25,28-30H,9-14,16-18H2,1-8H3,(H,35,38)/t17-,18-,22-,23-,25?;23?,24-,25+,28+,29+,30+,31+,32+,33?,34-/m00/s1. The summed E-state index contributed by atoms with van der Waals surface area (Å²) in [6, 6.07) is 2.70. The number of aromatic amines is 1. The van der Waals surface area contributed by atoms with E-state index >= 15 is 0 Å². The molecule has 3 saturated heterocycles. The number of imide groups is 1. The highest BCUT2D eigenvalue weighted by Gasteiger charge is 2.87. The van der Waals surface area contributed by atoms with Gasteiger partial charge in [-0.05, 0) is 61.9 Å². The number of nitrogens with zero attached hydrogens (tertiary/aromatic N) is 4. The van der Waals surface area contributed by atoms with Crippen LogP contribution in [0.25, 0.3) is 11.2 Å². The van der Waals surface area contributed by atoms with Crippen LogP contribution in [0.4, 0.5) is 11.6 Å². The molecule has 6 aliphatic rings. The number of nitrogens with one attached hydrogen (secondary N) is 5. The van der Waals surface area contributed by atoms with Gasteiger partial charge in [0.15, 0.2) is 22.7 Å². The molecule has 1 spiro atoms. The SMILES string of the molecule is CCC(=O)NC1CCC(OC)(O[C@@H]2[C@@H](OC(C)=O)[C@]3(C)[C@@]4(COC(C)=O)C[C@H](OC(=O)CC(C)C)C(C)=C[C@H]4O[C@H]2[C@@]32CO2)CC1.CN1C(=O)CC(SC[C@H](CC(=O)[C@H](CC(=O)O)NC(=O)[C@H](CN)CC(=O)CC[C@H](NC(=O)c2ccc(NCc3cnc4nc(N)[nH]c(=O)c4n3)cc2)C(=O)O)C(=O)O)C1=O. The molecule has 36 heteroatoms. The molecule has 2 saturated carbocycles. The van der Waals surface area contributed by atoms with E-state index in [1.807, 2.05) is 40.7 Å². The third-order valence-corrected chi connectivity index (χ3v) is 21.8. The van der Waals surface area contributed by atoms with Crippen LogP contribution in [0.2, 0.25) is 0 Å². The van der Waals surface area contributed by atoms with Crippen molar-refractivity contribution in [3.63, 3.8) is 0 Å². The van der Waals surface area contributed by atoms with E-state index in [0.717, 1.165) is 22.2 Å². The number of amides is 5. The number of methoxy groups -OCH3 is 1. The molecule has 3 aliphatic carbocycles. The topological polar surface area (TPSA) is 525 Å². The summed E-state index contributed by atoms with van der Waals surface area (Å²) in [5.41, 5.74) is 9.71. The molecule has 1 aromatic carbocycles. The number of nitrogen functional groups attached to an aromatic ring is 1. The van der Waals surface area contributed by atoms with Gasteiger partial charge >= 0.3 is 35.8 Å². The van der Waals surface area contributed by atoms with Gasteiger partial charge in [0.25, 0.3) is 11.5 Å². The minimum atomic E-state index is -1.70. The number of hydrogen-bond donors (Lipinski definition) is 10. The molecule has 1 unspecified atom stereocenters. The van der Waals surface area contributed by atoms with E-state index in [9.17, 15) is 82.4 Å². The van der Waals surface area contributed by atoms with E-state index in [2.05, 4.69) is 41.2 Å². The summed E-state index contributed by atoms with van der Waals surface area (Å²) >= 11 is 0.865. The van der Waals surface area contributed by atoms with E-state index in [0.29, 0.717) is 50.1 Å². The maximum absolute atomic E-state index is 13.1. The number of carboxylic acid groups (broad SMARTS) is 3. The number of carbonyl (C=O) groups excluding carboxylic acids is 10. The maximum atomic E-state index is 13.1. The zero-order valence-electron chi connectivity index (χ0n) is 60.4. The van der Waals surface area contributed by atoms with Gasteiger partial charge in [-0.3, -0.25) is 72.2 Å². The fourth-order valence-corrected chi connectivity index (χ4v) is 15.6. The van der Waals surface area contributed by atoms with Crippen molar-refractivity contribution in [3.8, 4) is 0 Å². The largest absolute Gasteiger partial charge is 0.481 e. The Morgan fingerprint density at radius 3 is 2.15 bits per heavy atom. The second-order valence-corrected chi connectivity index (χ2v) is 29.3. The molecule has 0 radical (unpaired) electrons. The van der Waals surface area contributed by atoms with E-state index in [-0.39, 0.29) is 91.1 Å². The van der Waals surface area contributed by atoms with Crippen LogP contribution in [0.5, 0.6) is 0 Å². The lowest BCUT2D eigenvalue weighted by Crippen LogP contribution is -2.68. The monoisotopic (exact) mass is 1500 g/mol. The van der Waals surface area contributed by atoms with Crippen LogP contribution in [0.1, 0.15) is 148 Å². The lowest BCUT2D eigenvalue weighted by atomic mass is 9.51. The predicted octanol–water partition coefficient (Wildman–Crippen LogP) is 2.04. The second-order valence-electron chi connectivity index (χ2n) is 28.1. The lowest BCUT2D eigenvalue weighted by Gasteiger charge is -2.58. The summed E-state index contributed by atoms with van der Waals surface area (Å²) in [6.45, 7) is 12.3. The maximum Gasteiger partial charge on any atom is 0.326 e. The smallest absolute Gasteiger partial charge is 0.326 e. The van der Waals surface area contributed by atoms with Crippen LogP contribution < -0.4 is 38.3 Å². The molecule has 13 atom stereocenters. The quantitative estimate of drug-likeness (QED) is 0.0102. The second kappa shape index (κ2) is 34.9. The van der Waals surface area contributed by atoms with Gasteiger partial charge in [0.05, 0.1) is 71.5 Å². The molecule has 12 N–H and O–H groups in total. The highest BCUT2D eigenvalue weighted by Crippen LogP contribution is 2.73. The number of likely N-dealkylation sites (tertiary alicyclic amines) is 1. The first-order chi connectivity index (χ1) is 50.0. The summed E-state index contributed by atoms with van der Waals surface area (Å²) in [7, 11) is 2.89. The highest BCUT2D eigenvalue weighted by molar-refractivity contribution is 8.00. The number of ether oxygens (including phenoxy) is 7. The Morgan fingerprint density at radius 2 is 1.58 bits per heavy atom. The minimum Gasteiger partial charge on any atom is -0.481 e. The molecule has 5 fully saturated rings. The van der Waals surface area contributed by atoms with Gasteiger partial charge in [0, 0.05) is 115 Å². The Bertz CT molecular complexity index is 3950. The van der Waals surface area contributed by atoms with E-state index < -0.39 is 185 Å². The molecule has 106 heavy (non-hydrogen) atoms. The highest BCUT2D eigenvalue weighted by atomic mass is 32.2. The zero-order chi connectivity index (χ0) is 77.9. The van der Waals surface area contributed by atoms with Crippen molar-refractivity contribution < 1.29 is 111 Å². The number of nitrogens with two attached hydrogens (primary N) is 2. The number of rotatable bonds is 34. The lowest BCUT2D eigenvalue weighted by molar-refractivity contribution is -0.288. The molecule has 578 valence electrons. The van der Waals surface area contributed by atoms with Crippen molar-refractivity contribution in [2.75, 3.05) is 50.7 Å². The third kappa shape index (κ3) is 19.1. The average Bonchev–Trinajstić information content (AvgIpc) is 1.47. The molecule has 9 rings (SSSR count). The first-order valence-electron chi connectivity index (χ1n) is 34.8. The van der Waals surface area contributed by atoms with Gasteiger partial charge in [-0.25, -0.2) is 14.8 Å². The van der Waals surface area contributed by atoms with Crippen LogP contribution in [0, 0.1) is 28.6 Å². The molecule has 3 aliphatic heterocycles. The van der Waals surface area contributed by atoms with Crippen molar-refractivity contribution in [2.24, 2.45) is 34.3 Å². The Balaban J connectivity index is 0.000000277. The van der Waals surface area contributed by atoms with E-state index in [4.69, 9.17) is 44.6 Å².